The zero-order valence-electron chi connectivity index (χ0n) is 17.3. The molecule has 1 amide bonds. The van der Waals surface area contributed by atoms with E-state index < -0.39 is 15.6 Å². The van der Waals surface area contributed by atoms with E-state index in [1.54, 1.807) is 40.0 Å². The molecule has 0 spiro atoms. The molecule has 29 heavy (non-hydrogen) atoms. The Morgan fingerprint density at radius 1 is 1.14 bits per heavy atom. The second kappa shape index (κ2) is 8.16. The van der Waals surface area contributed by atoms with E-state index in [9.17, 15) is 13.2 Å². The Kier molecular flexibility index (Phi) is 6.00. The maximum absolute atomic E-state index is 13.2. The van der Waals surface area contributed by atoms with Crippen LogP contribution < -0.4 is 9.46 Å². The van der Waals surface area contributed by atoms with E-state index in [1.807, 2.05) is 29.2 Å². The van der Waals surface area contributed by atoms with Crippen LogP contribution in [0.2, 0.25) is 0 Å². The number of rotatable bonds is 7. The molecule has 3 rings (SSSR count). The number of carbonyl (C=O) groups excluding carboxylic acids is 1. The average molecular weight is 417 g/mol. The summed E-state index contributed by atoms with van der Waals surface area (Å²) in [6.45, 7) is 5.82. The highest BCUT2D eigenvalue weighted by molar-refractivity contribution is 7.89. The SMILES string of the molecule is COc1ccc(CN(C(=O)c2cccc(S(=O)(=O)NC(C)(C)C)c2)C2CC2)cc1. The summed E-state index contributed by atoms with van der Waals surface area (Å²) in [6.07, 6.45) is 1.93. The second-order valence-electron chi connectivity index (χ2n) is 8.40. The van der Waals surface area contributed by atoms with Crippen LogP contribution in [0.15, 0.2) is 53.4 Å². The Morgan fingerprint density at radius 2 is 1.79 bits per heavy atom. The van der Waals surface area contributed by atoms with Crippen molar-refractivity contribution >= 4 is 15.9 Å². The van der Waals surface area contributed by atoms with E-state index in [-0.39, 0.29) is 16.8 Å². The first kappa shape index (κ1) is 21.3. The molecule has 1 fully saturated rings. The van der Waals surface area contributed by atoms with Gasteiger partial charge in [0.25, 0.3) is 5.91 Å². The minimum atomic E-state index is -3.71. The number of nitrogens with zero attached hydrogens (tertiary/aromatic N) is 1. The largest absolute Gasteiger partial charge is 0.497 e. The van der Waals surface area contributed by atoms with Crippen molar-refractivity contribution in [2.75, 3.05) is 7.11 Å². The highest BCUT2D eigenvalue weighted by Crippen LogP contribution is 2.30. The van der Waals surface area contributed by atoms with Gasteiger partial charge in [-0.25, -0.2) is 13.1 Å². The van der Waals surface area contributed by atoms with Gasteiger partial charge in [-0.2, -0.15) is 0 Å². The minimum absolute atomic E-state index is 0.0958. The summed E-state index contributed by atoms with van der Waals surface area (Å²) < 4.78 is 33.1. The number of hydrogen-bond acceptors (Lipinski definition) is 4. The molecule has 7 heteroatoms. The smallest absolute Gasteiger partial charge is 0.254 e. The van der Waals surface area contributed by atoms with Gasteiger partial charge in [0.1, 0.15) is 5.75 Å². The Labute approximate surface area is 172 Å². The Balaban J connectivity index is 1.83. The zero-order chi connectivity index (χ0) is 21.2. The van der Waals surface area contributed by atoms with Crippen LogP contribution in [0.25, 0.3) is 0 Å². The molecule has 0 unspecified atom stereocenters. The third kappa shape index (κ3) is 5.58. The van der Waals surface area contributed by atoms with Crippen molar-refractivity contribution in [1.82, 2.24) is 9.62 Å². The van der Waals surface area contributed by atoms with Crippen LogP contribution in [0.1, 0.15) is 49.5 Å². The first-order valence-corrected chi connectivity index (χ1v) is 11.2. The van der Waals surface area contributed by atoms with Crippen molar-refractivity contribution in [1.29, 1.82) is 0 Å². The van der Waals surface area contributed by atoms with Crippen molar-refractivity contribution in [3.8, 4) is 5.75 Å². The maximum atomic E-state index is 13.2. The highest BCUT2D eigenvalue weighted by Gasteiger charge is 2.33. The van der Waals surface area contributed by atoms with Crippen molar-refractivity contribution in [3.05, 3.63) is 59.7 Å². The van der Waals surface area contributed by atoms with Crippen LogP contribution in [-0.2, 0) is 16.6 Å². The lowest BCUT2D eigenvalue weighted by Gasteiger charge is -2.24. The number of amides is 1. The molecular weight excluding hydrogens is 388 g/mol. The predicted octanol–water partition coefficient (Wildman–Crippen LogP) is 3.58. The molecule has 0 bridgehead atoms. The number of benzene rings is 2. The zero-order valence-corrected chi connectivity index (χ0v) is 18.1. The van der Waals surface area contributed by atoms with Gasteiger partial charge < -0.3 is 9.64 Å². The number of nitrogens with one attached hydrogen (secondary N) is 1. The average Bonchev–Trinajstić information content (AvgIpc) is 3.49. The molecule has 0 saturated heterocycles. The number of hydrogen-bond donors (Lipinski definition) is 1. The van der Waals surface area contributed by atoms with Crippen molar-refractivity contribution in [3.63, 3.8) is 0 Å². The van der Waals surface area contributed by atoms with Crippen molar-refractivity contribution in [2.24, 2.45) is 0 Å². The lowest BCUT2D eigenvalue weighted by Crippen LogP contribution is -2.40. The van der Waals surface area contributed by atoms with Gasteiger partial charge in [0.15, 0.2) is 0 Å². The van der Waals surface area contributed by atoms with Crippen LogP contribution in [-0.4, -0.2) is 37.9 Å². The Hall–Kier alpha value is -2.38. The molecule has 0 radical (unpaired) electrons. The lowest BCUT2D eigenvalue weighted by atomic mass is 10.1. The molecule has 0 aromatic heterocycles. The fourth-order valence-corrected chi connectivity index (χ4v) is 4.57. The number of ether oxygens (including phenoxy) is 1. The van der Waals surface area contributed by atoms with Crippen molar-refractivity contribution < 1.29 is 17.9 Å². The third-order valence-corrected chi connectivity index (χ3v) is 6.35. The summed E-state index contributed by atoms with van der Waals surface area (Å²) in [6, 6.07) is 14.1. The number of carbonyl (C=O) groups is 1. The molecule has 1 saturated carbocycles. The Bertz CT molecular complexity index is 975. The summed E-state index contributed by atoms with van der Waals surface area (Å²) in [5.74, 6) is 0.610. The molecule has 1 N–H and O–H groups in total. The molecule has 0 atom stereocenters. The predicted molar refractivity (Wildman–Crippen MR) is 112 cm³/mol. The summed E-state index contributed by atoms with van der Waals surface area (Å²) in [7, 11) is -2.09. The molecule has 1 aliphatic rings. The molecule has 0 heterocycles. The van der Waals surface area contributed by atoms with Crippen LogP contribution >= 0.6 is 0 Å². The third-order valence-electron chi connectivity index (χ3n) is 4.59. The van der Waals surface area contributed by atoms with Gasteiger partial charge >= 0.3 is 0 Å². The van der Waals surface area contributed by atoms with Crippen LogP contribution in [0.3, 0.4) is 0 Å². The van der Waals surface area contributed by atoms with Gasteiger partial charge in [0.2, 0.25) is 10.0 Å². The molecule has 2 aromatic carbocycles. The van der Waals surface area contributed by atoms with Crippen LogP contribution in [0.4, 0.5) is 0 Å². The van der Waals surface area contributed by atoms with E-state index in [1.165, 1.54) is 12.1 Å². The Morgan fingerprint density at radius 3 is 2.34 bits per heavy atom. The van der Waals surface area contributed by atoms with Gasteiger partial charge in [-0.1, -0.05) is 18.2 Å². The summed E-state index contributed by atoms with van der Waals surface area (Å²) in [5, 5.41) is 0. The number of sulfonamides is 1. The monoisotopic (exact) mass is 416 g/mol. The fraction of sp³-hybridized carbons (Fsp3) is 0.409. The van der Waals surface area contributed by atoms with E-state index in [4.69, 9.17) is 4.74 Å². The molecule has 156 valence electrons. The van der Waals surface area contributed by atoms with Gasteiger partial charge in [-0.3, -0.25) is 4.79 Å². The standard InChI is InChI=1S/C22H28N2O4S/c1-22(2,3)23-29(26,27)20-7-5-6-17(14-20)21(25)24(18-10-11-18)15-16-8-12-19(28-4)13-9-16/h5-9,12-14,18,23H,10-11,15H2,1-4H3. The van der Waals surface area contributed by atoms with E-state index >= 15 is 0 Å². The maximum Gasteiger partial charge on any atom is 0.254 e. The molecule has 6 nitrogen and oxygen atoms in total. The van der Waals surface area contributed by atoms with E-state index in [0.717, 1.165) is 24.2 Å². The highest BCUT2D eigenvalue weighted by atomic mass is 32.2. The number of methoxy groups -OCH3 is 1. The summed E-state index contributed by atoms with van der Waals surface area (Å²) >= 11 is 0. The lowest BCUT2D eigenvalue weighted by molar-refractivity contribution is 0.0729. The summed E-state index contributed by atoms with van der Waals surface area (Å²) in [4.78, 5) is 15.1. The van der Waals surface area contributed by atoms with Gasteiger partial charge in [0, 0.05) is 23.7 Å². The van der Waals surface area contributed by atoms with Crippen LogP contribution in [0, 0.1) is 0 Å². The molecular formula is C22H28N2O4S. The van der Waals surface area contributed by atoms with Gasteiger partial charge in [-0.15, -0.1) is 0 Å². The van der Waals surface area contributed by atoms with E-state index in [0.29, 0.717) is 12.1 Å². The van der Waals surface area contributed by atoms with Crippen LogP contribution in [0.5, 0.6) is 5.75 Å². The minimum Gasteiger partial charge on any atom is -0.497 e. The molecule has 1 aliphatic carbocycles. The topological polar surface area (TPSA) is 75.7 Å². The molecule has 0 aliphatic heterocycles. The fourth-order valence-electron chi connectivity index (χ4n) is 3.10. The molecule has 2 aromatic rings. The second-order valence-corrected chi connectivity index (χ2v) is 10.1. The first-order chi connectivity index (χ1) is 13.6. The van der Waals surface area contributed by atoms with Crippen molar-refractivity contribution in [2.45, 2.75) is 56.6 Å². The van der Waals surface area contributed by atoms with E-state index in [2.05, 4.69) is 4.72 Å². The van der Waals surface area contributed by atoms with Gasteiger partial charge in [0.05, 0.1) is 12.0 Å². The van der Waals surface area contributed by atoms with Gasteiger partial charge in [-0.05, 0) is 69.5 Å². The summed E-state index contributed by atoms with van der Waals surface area (Å²) in [5.41, 5.74) is 0.777. The first-order valence-electron chi connectivity index (χ1n) is 9.67. The normalized spacial score (nSPS) is 14.5. The quantitative estimate of drug-likeness (QED) is 0.749.